The lowest BCUT2D eigenvalue weighted by molar-refractivity contribution is 0.404. The molecular formula is C8H6NO4S. The third-order valence-corrected chi connectivity index (χ3v) is 2.81. The Labute approximate surface area is 80.4 Å². The summed E-state index contributed by atoms with van der Waals surface area (Å²) in [6.45, 7) is 0. The Morgan fingerprint density at radius 2 is 2.07 bits per heavy atom. The molecule has 1 aromatic carbocycles. The van der Waals surface area contributed by atoms with E-state index in [4.69, 9.17) is 4.52 Å². The van der Waals surface area contributed by atoms with Crippen molar-refractivity contribution in [2.75, 3.05) is 0 Å². The maximum Gasteiger partial charge on any atom is 0.318 e. The van der Waals surface area contributed by atoms with E-state index >= 15 is 0 Å². The van der Waals surface area contributed by atoms with Gasteiger partial charge in [0.15, 0.2) is 5.58 Å². The van der Waals surface area contributed by atoms with E-state index in [0.717, 1.165) is 0 Å². The fraction of sp³-hybridized carbons (Fsp3) is 0. The van der Waals surface area contributed by atoms with E-state index in [2.05, 4.69) is 16.4 Å². The summed E-state index contributed by atoms with van der Waals surface area (Å²) in [7, 11) is -1.05. The van der Waals surface area contributed by atoms with Gasteiger partial charge in [-0.05, 0) is 12.1 Å². The lowest BCUT2D eigenvalue weighted by atomic mass is 10.3. The standard InChI is InChI=1S/C8H6NO4S/c1-12-14(10,11)8-6-4-2-3-5-7(6)13-9-8/h2-5H,1H2. The molecule has 1 radical (unpaired) electrons. The number of nitrogens with zero attached hydrogens (tertiary/aromatic N) is 1. The summed E-state index contributed by atoms with van der Waals surface area (Å²) < 4.78 is 31.4. The van der Waals surface area contributed by atoms with Gasteiger partial charge in [-0.25, -0.2) is 0 Å². The second kappa shape index (κ2) is 3.07. The SMILES string of the molecule is [CH2]OS(=O)(=O)c1noc2ccccc12. The number of fused-ring (bicyclic) bond motifs is 1. The van der Waals surface area contributed by atoms with Gasteiger partial charge in [0.2, 0.25) is 5.03 Å². The normalized spacial score (nSPS) is 12.1. The van der Waals surface area contributed by atoms with Crippen LogP contribution in [0.5, 0.6) is 0 Å². The first-order valence-corrected chi connectivity index (χ1v) is 5.09. The van der Waals surface area contributed by atoms with Crippen molar-refractivity contribution in [1.29, 1.82) is 0 Å². The lowest BCUT2D eigenvalue weighted by Gasteiger charge is -1.94. The van der Waals surface area contributed by atoms with E-state index in [9.17, 15) is 8.42 Å². The minimum atomic E-state index is -3.90. The van der Waals surface area contributed by atoms with Gasteiger partial charge in [-0.2, -0.15) is 8.42 Å². The van der Waals surface area contributed by atoms with Crippen LogP contribution in [0.4, 0.5) is 0 Å². The predicted octanol–water partition coefficient (Wildman–Crippen LogP) is 1.32. The number of aromatic nitrogens is 1. The molecule has 2 aromatic rings. The second-order valence-electron chi connectivity index (χ2n) is 2.56. The molecule has 0 aliphatic heterocycles. The van der Waals surface area contributed by atoms with Gasteiger partial charge in [-0.15, -0.1) is 0 Å². The molecule has 2 rings (SSSR count). The molecule has 14 heavy (non-hydrogen) atoms. The van der Waals surface area contributed by atoms with Gasteiger partial charge >= 0.3 is 10.1 Å². The first-order valence-electron chi connectivity index (χ1n) is 3.68. The van der Waals surface area contributed by atoms with E-state index in [-0.39, 0.29) is 5.03 Å². The van der Waals surface area contributed by atoms with Crippen molar-refractivity contribution in [2.24, 2.45) is 0 Å². The topological polar surface area (TPSA) is 69.4 Å². The first-order chi connectivity index (χ1) is 6.65. The van der Waals surface area contributed by atoms with Crippen molar-refractivity contribution in [2.45, 2.75) is 5.03 Å². The van der Waals surface area contributed by atoms with E-state index in [1.54, 1.807) is 24.3 Å². The maximum atomic E-state index is 11.3. The van der Waals surface area contributed by atoms with Crippen LogP contribution < -0.4 is 0 Å². The zero-order valence-corrected chi connectivity index (χ0v) is 7.82. The van der Waals surface area contributed by atoms with Crippen LogP contribution in [0.3, 0.4) is 0 Å². The summed E-state index contributed by atoms with van der Waals surface area (Å²) in [5.74, 6) is 0. The lowest BCUT2D eigenvalue weighted by Crippen LogP contribution is -2.01. The van der Waals surface area contributed by atoms with Crippen molar-refractivity contribution < 1.29 is 17.1 Å². The van der Waals surface area contributed by atoms with E-state index in [1.165, 1.54) is 0 Å². The Morgan fingerprint density at radius 1 is 1.36 bits per heavy atom. The highest BCUT2D eigenvalue weighted by atomic mass is 32.2. The average molecular weight is 212 g/mol. The molecule has 0 amide bonds. The summed E-state index contributed by atoms with van der Waals surface area (Å²) >= 11 is 0. The van der Waals surface area contributed by atoms with Crippen molar-refractivity contribution in [3.05, 3.63) is 31.4 Å². The van der Waals surface area contributed by atoms with Gasteiger partial charge in [0.25, 0.3) is 0 Å². The Hall–Kier alpha value is -1.40. The highest BCUT2D eigenvalue weighted by molar-refractivity contribution is 7.86. The zero-order valence-electron chi connectivity index (χ0n) is 7.00. The number of para-hydroxylation sites is 1. The van der Waals surface area contributed by atoms with Crippen LogP contribution in [0.1, 0.15) is 0 Å². The number of hydrogen-bond acceptors (Lipinski definition) is 5. The summed E-state index contributed by atoms with van der Waals surface area (Å²) in [6.07, 6.45) is 0. The molecule has 0 fully saturated rings. The molecule has 0 saturated heterocycles. The molecule has 0 N–H and O–H groups in total. The van der Waals surface area contributed by atoms with Gasteiger partial charge in [0.1, 0.15) is 0 Å². The molecule has 1 aromatic heterocycles. The molecule has 1 heterocycles. The van der Waals surface area contributed by atoms with Gasteiger partial charge in [0, 0.05) is 0 Å². The third kappa shape index (κ3) is 1.28. The molecule has 0 bridgehead atoms. The molecule has 0 unspecified atom stereocenters. The van der Waals surface area contributed by atoms with Gasteiger partial charge in [-0.1, -0.05) is 17.3 Å². The number of hydrogen-bond donors (Lipinski definition) is 0. The largest absolute Gasteiger partial charge is 0.355 e. The summed E-state index contributed by atoms with van der Waals surface area (Å²) in [5.41, 5.74) is 0.392. The van der Waals surface area contributed by atoms with Crippen LogP contribution >= 0.6 is 0 Å². The smallest absolute Gasteiger partial charge is 0.318 e. The molecule has 6 heteroatoms. The number of benzene rings is 1. The minimum absolute atomic E-state index is 0.247. The predicted molar refractivity (Wildman–Crippen MR) is 47.6 cm³/mol. The van der Waals surface area contributed by atoms with Crippen LogP contribution in [0.25, 0.3) is 11.0 Å². The Balaban J connectivity index is 2.77. The van der Waals surface area contributed by atoms with E-state index < -0.39 is 10.1 Å². The van der Waals surface area contributed by atoms with Gasteiger partial charge in [0.05, 0.1) is 12.5 Å². The fourth-order valence-corrected chi connectivity index (χ4v) is 1.78. The Morgan fingerprint density at radius 3 is 2.79 bits per heavy atom. The quantitative estimate of drug-likeness (QED) is 0.702. The molecule has 73 valence electrons. The number of rotatable bonds is 2. The Bertz CT molecular complexity index is 557. The molecule has 0 aliphatic rings. The van der Waals surface area contributed by atoms with Crippen LogP contribution in [-0.2, 0) is 14.3 Å². The fourth-order valence-electron chi connectivity index (χ4n) is 1.10. The average Bonchev–Trinajstić information content (AvgIpc) is 2.61. The molecular weight excluding hydrogens is 206 g/mol. The van der Waals surface area contributed by atoms with Crippen molar-refractivity contribution in [3.63, 3.8) is 0 Å². The molecule has 5 nitrogen and oxygen atoms in total. The van der Waals surface area contributed by atoms with Crippen molar-refractivity contribution >= 4 is 21.1 Å². The van der Waals surface area contributed by atoms with Crippen LogP contribution in [0.2, 0.25) is 0 Å². The second-order valence-corrected chi connectivity index (χ2v) is 4.09. The van der Waals surface area contributed by atoms with Crippen molar-refractivity contribution in [1.82, 2.24) is 5.16 Å². The summed E-state index contributed by atoms with van der Waals surface area (Å²) in [4.78, 5) is 0. The van der Waals surface area contributed by atoms with Gasteiger partial charge < -0.3 is 4.52 Å². The maximum absolute atomic E-state index is 11.3. The third-order valence-electron chi connectivity index (χ3n) is 1.74. The summed E-state index contributed by atoms with van der Waals surface area (Å²) in [6, 6.07) is 6.60. The monoisotopic (exact) mass is 212 g/mol. The minimum Gasteiger partial charge on any atom is -0.355 e. The molecule has 0 spiro atoms. The first kappa shape index (κ1) is 9.17. The van der Waals surface area contributed by atoms with E-state index in [1.807, 2.05) is 0 Å². The van der Waals surface area contributed by atoms with Crippen molar-refractivity contribution in [3.8, 4) is 0 Å². The van der Waals surface area contributed by atoms with Gasteiger partial charge in [-0.3, -0.25) is 4.18 Å². The highest BCUT2D eigenvalue weighted by Crippen LogP contribution is 2.22. The molecule has 0 atom stereocenters. The summed E-state index contributed by atoms with van der Waals surface area (Å²) in [5, 5.41) is 3.55. The van der Waals surface area contributed by atoms with E-state index in [0.29, 0.717) is 11.0 Å². The highest BCUT2D eigenvalue weighted by Gasteiger charge is 2.21. The van der Waals surface area contributed by atoms with Crippen LogP contribution in [0.15, 0.2) is 33.8 Å². The van der Waals surface area contributed by atoms with Crippen LogP contribution in [-0.4, -0.2) is 13.6 Å². The molecule has 0 aliphatic carbocycles. The Kier molecular flexibility index (Phi) is 2.01. The van der Waals surface area contributed by atoms with Crippen LogP contribution in [0, 0.1) is 7.11 Å². The molecule has 0 saturated carbocycles. The zero-order chi connectivity index (χ0) is 10.2.